The molecule has 1 N–H and O–H groups in total. The predicted octanol–water partition coefficient (Wildman–Crippen LogP) is 3.91. The van der Waals surface area contributed by atoms with Gasteiger partial charge >= 0.3 is 0 Å². The van der Waals surface area contributed by atoms with Gasteiger partial charge in [-0.05, 0) is 62.6 Å². The Morgan fingerprint density at radius 2 is 1.87 bits per heavy atom. The topological polar surface area (TPSA) is 76.5 Å². The zero-order valence-corrected chi connectivity index (χ0v) is 17.1. The van der Waals surface area contributed by atoms with E-state index >= 15 is 0 Å². The first-order valence-electron chi connectivity index (χ1n) is 10.00. The molecule has 1 aromatic heterocycles. The summed E-state index contributed by atoms with van der Waals surface area (Å²) in [5.74, 6) is -0.308. The van der Waals surface area contributed by atoms with E-state index in [0.29, 0.717) is 30.0 Å². The molecular formula is C23H24N4O3. The number of carbonyl (C=O) groups is 2. The van der Waals surface area contributed by atoms with Gasteiger partial charge in [0.1, 0.15) is 0 Å². The zero-order valence-electron chi connectivity index (χ0n) is 17.1. The van der Waals surface area contributed by atoms with Crippen LogP contribution in [0, 0.1) is 13.8 Å². The Morgan fingerprint density at radius 1 is 1.07 bits per heavy atom. The highest BCUT2D eigenvalue weighted by Crippen LogP contribution is 2.17. The quantitative estimate of drug-likeness (QED) is 0.715. The minimum absolute atomic E-state index is 0.136. The van der Waals surface area contributed by atoms with Gasteiger partial charge in [0.05, 0.1) is 30.4 Å². The highest BCUT2D eigenvalue weighted by Gasteiger charge is 2.19. The van der Waals surface area contributed by atoms with Crippen molar-refractivity contribution in [1.29, 1.82) is 0 Å². The van der Waals surface area contributed by atoms with Gasteiger partial charge in [-0.15, -0.1) is 0 Å². The summed E-state index contributed by atoms with van der Waals surface area (Å²) in [5.41, 5.74) is 4.63. The molecule has 1 aliphatic heterocycles. The van der Waals surface area contributed by atoms with E-state index in [1.807, 2.05) is 44.2 Å². The monoisotopic (exact) mass is 404 g/mol. The number of hydroxylamine groups is 2. The lowest BCUT2D eigenvalue weighted by atomic mass is 10.1. The largest absolute Gasteiger partial charge is 0.319 e. The van der Waals surface area contributed by atoms with Crippen LogP contribution in [0.5, 0.6) is 0 Å². The molecule has 0 radical (unpaired) electrons. The van der Waals surface area contributed by atoms with Crippen LogP contribution in [0.3, 0.4) is 0 Å². The molecule has 7 heteroatoms. The molecule has 0 atom stereocenters. The summed E-state index contributed by atoms with van der Waals surface area (Å²) in [5, 5.41) is 8.62. The number of hydrogen-bond donors (Lipinski definition) is 1. The molecule has 1 aliphatic rings. The summed E-state index contributed by atoms with van der Waals surface area (Å²) in [6, 6.07) is 12.9. The average molecular weight is 404 g/mol. The average Bonchev–Trinajstić information content (AvgIpc) is 3.22. The number of aromatic nitrogens is 2. The molecule has 2 aromatic carbocycles. The van der Waals surface area contributed by atoms with Crippen molar-refractivity contribution in [1.82, 2.24) is 14.8 Å². The number of hydrogen-bond acceptors (Lipinski definition) is 4. The van der Waals surface area contributed by atoms with Crippen molar-refractivity contribution in [2.24, 2.45) is 0 Å². The highest BCUT2D eigenvalue weighted by atomic mass is 16.7. The number of benzene rings is 2. The second kappa shape index (κ2) is 8.51. The van der Waals surface area contributed by atoms with Gasteiger partial charge in [0.2, 0.25) is 0 Å². The van der Waals surface area contributed by atoms with Crippen LogP contribution >= 0.6 is 0 Å². The molecular weight excluding hydrogens is 380 g/mol. The van der Waals surface area contributed by atoms with Crippen LogP contribution in [-0.4, -0.2) is 39.8 Å². The predicted molar refractivity (Wildman–Crippen MR) is 114 cm³/mol. The number of aryl methyl sites for hydroxylation is 2. The van der Waals surface area contributed by atoms with E-state index in [2.05, 4.69) is 10.4 Å². The minimum Gasteiger partial charge on any atom is -0.319 e. The maximum Gasteiger partial charge on any atom is 0.277 e. The Kier molecular flexibility index (Phi) is 5.63. The van der Waals surface area contributed by atoms with Crippen LogP contribution in [0.1, 0.15) is 44.7 Å². The lowest BCUT2D eigenvalue weighted by Crippen LogP contribution is -2.35. The van der Waals surface area contributed by atoms with Gasteiger partial charge in [-0.25, -0.2) is 9.75 Å². The molecule has 0 saturated carbocycles. The minimum atomic E-state index is -0.172. The number of nitrogens with one attached hydrogen (secondary N) is 1. The summed E-state index contributed by atoms with van der Waals surface area (Å²) < 4.78 is 1.66. The third-order valence-electron chi connectivity index (χ3n) is 5.07. The van der Waals surface area contributed by atoms with E-state index in [-0.39, 0.29) is 11.8 Å². The Labute approximate surface area is 175 Å². The van der Waals surface area contributed by atoms with Crippen molar-refractivity contribution in [3.05, 3.63) is 77.1 Å². The standard InChI is InChI=1S/C23H24N4O3/c1-16-5-10-21(17(2)13-16)22(28)25-19-14-24-26(15-19)20-8-6-18(7-9-20)23(29)27-11-3-4-12-30-27/h5-10,13-15H,3-4,11-12H2,1-2H3,(H,25,28). The Hall–Kier alpha value is -3.45. The van der Waals surface area contributed by atoms with Gasteiger partial charge in [0.15, 0.2) is 0 Å². The first-order chi connectivity index (χ1) is 14.5. The molecule has 1 fully saturated rings. The normalized spacial score (nSPS) is 13.9. The second-order valence-electron chi connectivity index (χ2n) is 7.44. The SMILES string of the molecule is Cc1ccc(C(=O)Nc2cnn(-c3ccc(C(=O)N4CCCCO4)cc3)c2)c(C)c1. The number of anilines is 1. The van der Waals surface area contributed by atoms with Crippen molar-refractivity contribution < 1.29 is 14.4 Å². The number of amides is 2. The summed E-state index contributed by atoms with van der Waals surface area (Å²) in [6.07, 6.45) is 5.27. The molecule has 2 amide bonds. The maximum absolute atomic E-state index is 12.6. The molecule has 0 aliphatic carbocycles. The van der Waals surface area contributed by atoms with Gasteiger partial charge in [-0.3, -0.25) is 14.4 Å². The van der Waals surface area contributed by atoms with Gasteiger partial charge in [-0.1, -0.05) is 17.7 Å². The Morgan fingerprint density at radius 3 is 2.57 bits per heavy atom. The number of carbonyl (C=O) groups excluding carboxylic acids is 2. The van der Waals surface area contributed by atoms with Crippen LogP contribution in [0.2, 0.25) is 0 Å². The summed E-state index contributed by atoms with van der Waals surface area (Å²) in [7, 11) is 0. The fourth-order valence-corrected chi connectivity index (χ4v) is 3.45. The van der Waals surface area contributed by atoms with E-state index in [1.165, 1.54) is 5.06 Å². The fourth-order valence-electron chi connectivity index (χ4n) is 3.45. The maximum atomic E-state index is 12.6. The van der Waals surface area contributed by atoms with Crippen LogP contribution < -0.4 is 5.32 Å². The van der Waals surface area contributed by atoms with Gasteiger partial charge in [-0.2, -0.15) is 5.10 Å². The van der Waals surface area contributed by atoms with Crippen molar-refractivity contribution in [2.75, 3.05) is 18.5 Å². The third kappa shape index (κ3) is 4.26. The van der Waals surface area contributed by atoms with E-state index < -0.39 is 0 Å². The van der Waals surface area contributed by atoms with Crippen molar-refractivity contribution in [3.8, 4) is 5.69 Å². The van der Waals surface area contributed by atoms with Crippen LogP contribution in [0.15, 0.2) is 54.9 Å². The van der Waals surface area contributed by atoms with E-state index in [0.717, 1.165) is 29.7 Å². The molecule has 0 spiro atoms. The molecule has 2 heterocycles. The van der Waals surface area contributed by atoms with Crippen molar-refractivity contribution in [2.45, 2.75) is 26.7 Å². The Bertz CT molecular complexity index is 1070. The molecule has 0 bridgehead atoms. The van der Waals surface area contributed by atoms with Gasteiger partial charge in [0, 0.05) is 17.7 Å². The first-order valence-corrected chi connectivity index (χ1v) is 10.00. The van der Waals surface area contributed by atoms with Crippen LogP contribution in [0.25, 0.3) is 5.69 Å². The lowest BCUT2D eigenvalue weighted by Gasteiger charge is -2.25. The van der Waals surface area contributed by atoms with Crippen LogP contribution in [-0.2, 0) is 4.84 Å². The molecule has 0 unspecified atom stereocenters. The fraction of sp³-hybridized carbons (Fsp3) is 0.261. The molecule has 3 aromatic rings. The molecule has 4 rings (SSSR count). The second-order valence-corrected chi connectivity index (χ2v) is 7.44. The van der Waals surface area contributed by atoms with Crippen molar-refractivity contribution >= 4 is 17.5 Å². The third-order valence-corrected chi connectivity index (χ3v) is 5.07. The Balaban J connectivity index is 1.44. The number of nitrogens with zero attached hydrogens (tertiary/aromatic N) is 3. The first kappa shape index (κ1) is 19.8. The van der Waals surface area contributed by atoms with E-state index in [9.17, 15) is 9.59 Å². The molecule has 1 saturated heterocycles. The molecule has 154 valence electrons. The van der Waals surface area contributed by atoms with Gasteiger partial charge in [0.25, 0.3) is 11.8 Å². The van der Waals surface area contributed by atoms with Gasteiger partial charge < -0.3 is 5.32 Å². The van der Waals surface area contributed by atoms with Crippen molar-refractivity contribution in [3.63, 3.8) is 0 Å². The summed E-state index contributed by atoms with van der Waals surface area (Å²) in [4.78, 5) is 30.5. The zero-order chi connectivity index (χ0) is 21.1. The smallest absolute Gasteiger partial charge is 0.277 e. The van der Waals surface area contributed by atoms with E-state index in [1.54, 1.807) is 29.2 Å². The van der Waals surface area contributed by atoms with E-state index in [4.69, 9.17) is 4.84 Å². The molecule has 7 nitrogen and oxygen atoms in total. The number of rotatable bonds is 4. The lowest BCUT2D eigenvalue weighted by molar-refractivity contribution is -0.144. The summed E-state index contributed by atoms with van der Waals surface area (Å²) in [6.45, 7) is 5.11. The van der Waals surface area contributed by atoms with Crippen LogP contribution in [0.4, 0.5) is 5.69 Å². The molecule has 30 heavy (non-hydrogen) atoms. The highest BCUT2D eigenvalue weighted by molar-refractivity contribution is 6.05. The summed E-state index contributed by atoms with van der Waals surface area (Å²) >= 11 is 0.